The zero-order chi connectivity index (χ0) is 20.6. The lowest BCUT2D eigenvalue weighted by Crippen LogP contribution is -2.18. The molecule has 2 aliphatic rings. The highest BCUT2D eigenvalue weighted by atomic mass is 15.1. The maximum Gasteiger partial charge on any atom is 0.0961 e. The summed E-state index contributed by atoms with van der Waals surface area (Å²) < 4.78 is 2.24. The van der Waals surface area contributed by atoms with Gasteiger partial charge in [-0.15, -0.1) is 0 Å². The van der Waals surface area contributed by atoms with E-state index in [-0.39, 0.29) is 0 Å². The Morgan fingerprint density at radius 3 is 2.19 bits per heavy atom. The van der Waals surface area contributed by atoms with Crippen molar-refractivity contribution in [2.45, 2.75) is 38.8 Å². The summed E-state index contributed by atoms with van der Waals surface area (Å²) in [5.74, 6) is 0. The molecule has 0 spiro atoms. The predicted octanol–water partition coefficient (Wildman–Crippen LogP) is 5.52. The molecule has 3 aromatic carbocycles. The minimum absolute atomic E-state index is 0.848. The summed E-state index contributed by atoms with van der Waals surface area (Å²) in [7, 11) is 0. The van der Waals surface area contributed by atoms with E-state index in [1.54, 1.807) is 0 Å². The summed E-state index contributed by atoms with van der Waals surface area (Å²) in [5.41, 5.74) is 10.4. The van der Waals surface area contributed by atoms with E-state index in [0.717, 1.165) is 31.4 Å². The van der Waals surface area contributed by atoms with Crippen LogP contribution in [0.2, 0.25) is 0 Å². The molecule has 0 unspecified atom stereocenters. The summed E-state index contributed by atoms with van der Waals surface area (Å²) in [6, 6.07) is 22.2. The monoisotopic (exact) mass is 408 g/mol. The fourth-order valence-electron chi connectivity index (χ4n) is 5.09. The number of aryl methyl sites for hydroxylation is 2. The number of rotatable bonds is 4. The van der Waals surface area contributed by atoms with E-state index >= 15 is 0 Å². The van der Waals surface area contributed by atoms with Crippen molar-refractivity contribution in [2.75, 3.05) is 18.4 Å². The van der Waals surface area contributed by atoms with E-state index in [9.17, 15) is 0 Å². The fourth-order valence-corrected chi connectivity index (χ4v) is 5.09. The van der Waals surface area contributed by atoms with Crippen LogP contribution in [-0.4, -0.2) is 27.5 Å². The van der Waals surface area contributed by atoms with Crippen LogP contribution in [0.5, 0.6) is 0 Å². The molecule has 0 amide bonds. The van der Waals surface area contributed by atoms with Gasteiger partial charge in [0.2, 0.25) is 0 Å². The lowest BCUT2D eigenvalue weighted by Gasteiger charge is -2.16. The molecule has 4 heteroatoms. The maximum atomic E-state index is 4.54. The second-order valence-electron chi connectivity index (χ2n) is 8.95. The average molecular weight is 409 g/mol. The number of fused-ring (bicyclic) bond motifs is 3. The van der Waals surface area contributed by atoms with Gasteiger partial charge in [0.1, 0.15) is 0 Å². The van der Waals surface area contributed by atoms with Crippen molar-refractivity contribution in [2.24, 2.45) is 0 Å². The number of anilines is 2. The Labute approximate surface area is 183 Å². The van der Waals surface area contributed by atoms with Crippen LogP contribution in [0.4, 0.5) is 11.4 Å². The molecule has 31 heavy (non-hydrogen) atoms. The van der Waals surface area contributed by atoms with E-state index in [1.807, 2.05) is 12.4 Å². The largest absolute Gasteiger partial charge is 0.355 e. The Morgan fingerprint density at radius 1 is 0.774 bits per heavy atom. The smallest absolute Gasteiger partial charge is 0.0961 e. The molecule has 4 nitrogen and oxygen atoms in total. The zero-order valence-electron chi connectivity index (χ0n) is 17.8. The molecule has 156 valence electrons. The molecule has 1 aromatic heterocycles. The zero-order valence-corrected chi connectivity index (χ0v) is 17.8. The number of nitrogens with one attached hydrogen (secondary N) is 1. The Hall–Kier alpha value is -3.11. The summed E-state index contributed by atoms with van der Waals surface area (Å²) in [4.78, 5) is 7.11. The Bertz CT molecular complexity index is 1230. The Kier molecular flexibility index (Phi) is 4.73. The first-order chi connectivity index (χ1) is 15.3. The van der Waals surface area contributed by atoms with Gasteiger partial charge in [-0.1, -0.05) is 36.4 Å². The third kappa shape index (κ3) is 3.72. The van der Waals surface area contributed by atoms with E-state index in [0.29, 0.717) is 0 Å². The van der Waals surface area contributed by atoms with Gasteiger partial charge >= 0.3 is 0 Å². The van der Waals surface area contributed by atoms with E-state index < -0.39 is 0 Å². The second-order valence-corrected chi connectivity index (χ2v) is 8.95. The first kappa shape index (κ1) is 18.6. The molecule has 0 aliphatic carbocycles. The van der Waals surface area contributed by atoms with Crippen molar-refractivity contribution in [1.29, 1.82) is 0 Å². The van der Waals surface area contributed by atoms with Gasteiger partial charge in [0.25, 0.3) is 0 Å². The van der Waals surface area contributed by atoms with Crippen LogP contribution < -0.4 is 5.32 Å². The molecule has 0 bridgehead atoms. The summed E-state index contributed by atoms with van der Waals surface area (Å²) >= 11 is 0. The highest BCUT2D eigenvalue weighted by Gasteiger charge is 2.16. The van der Waals surface area contributed by atoms with E-state index in [4.69, 9.17) is 0 Å². The van der Waals surface area contributed by atoms with Crippen LogP contribution in [0.25, 0.3) is 11.0 Å². The number of hydrogen-bond donors (Lipinski definition) is 1. The van der Waals surface area contributed by atoms with E-state index in [1.165, 1.54) is 65.1 Å². The number of aromatic nitrogens is 2. The molecule has 0 radical (unpaired) electrons. The summed E-state index contributed by atoms with van der Waals surface area (Å²) in [6.45, 7) is 4.43. The van der Waals surface area contributed by atoms with Crippen molar-refractivity contribution >= 4 is 22.4 Å². The number of para-hydroxylation sites is 2. The lowest BCUT2D eigenvalue weighted by atomic mass is 10.0. The van der Waals surface area contributed by atoms with Crippen molar-refractivity contribution in [3.8, 4) is 0 Å². The number of nitrogens with zero attached hydrogens (tertiary/aromatic N) is 3. The minimum Gasteiger partial charge on any atom is -0.355 e. The SMILES string of the molecule is c1ccc2c(c1)ncn2Cc1ccc2c(c1)CCc1cc(CN3CCCC3)ccc1N2. The summed E-state index contributed by atoms with van der Waals surface area (Å²) in [5, 5.41) is 3.71. The van der Waals surface area contributed by atoms with Gasteiger partial charge in [0, 0.05) is 24.5 Å². The van der Waals surface area contributed by atoms with Gasteiger partial charge in [-0.05, 0) is 85.3 Å². The fraction of sp³-hybridized carbons (Fsp3) is 0.296. The van der Waals surface area contributed by atoms with Gasteiger partial charge in [0.05, 0.1) is 17.4 Å². The van der Waals surface area contributed by atoms with Crippen molar-refractivity contribution in [3.05, 3.63) is 89.2 Å². The lowest BCUT2D eigenvalue weighted by molar-refractivity contribution is 0.331. The van der Waals surface area contributed by atoms with Crippen molar-refractivity contribution in [3.63, 3.8) is 0 Å². The quantitative estimate of drug-likeness (QED) is 0.482. The van der Waals surface area contributed by atoms with Crippen LogP contribution in [0, 0.1) is 0 Å². The Morgan fingerprint density at radius 2 is 1.45 bits per heavy atom. The van der Waals surface area contributed by atoms with Crippen LogP contribution in [0.1, 0.15) is 35.1 Å². The highest BCUT2D eigenvalue weighted by Crippen LogP contribution is 2.32. The maximum absolute atomic E-state index is 4.54. The summed E-state index contributed by atoms with van der Waals surface area (Å²) in [6.07, 6.45) is 6.80. The molecule has 0 atom stereocenters. The molecule has 1 N–H and O–H groups in total. The third-order valence-electron chi connectivity index (χ3n) is 6.76. The van der Waals surface area contributed by atoms with Gasteiger partial charge in [-0.3, -0.25) is 4.90 Å². The van der Waals surface area contributed by atoms with Gasteiger partial charge in [-0.2, -0.15) is 0 Å². The predicted molar refractivity (Wildman–Crippen MR) is 127 cm³/mol. The molecule has 0 saturated carbocycles. The van der Waals surface area contributed by atoms with Crippen LogP contribution >= 0.6 is 0 Å². The van der Waals surface area contributed by atoms with Gasteiger partial charge in [0.15, 0.2) is 0 Å². The standard InChI is InChI=1S/C27H28N4/c1-2-6-27-26(5-1)28-19-31(27)18-21-8-12-25-23(16-21)10-9-22-15-20(7-11-24(22)29-25)17-30-13-3-4-14-30/h1-2,5-8,11-12,15-16,19,29H,3-4,9-10,13-14,17-18H2. The number of hydrogen-bond acceptors (Lipinski definition) is 3. The van der Waals surface area contributed by atoms with Gasteiger partial charge in [-0.25, -0.2) is 4.98 Å². The van der Waals surface area contributed by atoms with Crippen LogP contribution in [0.15, 0.2) is 67.0 Å². The average Bonchev–Trinajstić information content (AvgIpc) is 3.41. The molecule has 4 aromatic rings. The van der Waals surface area contributed by atoms with Crippen LogP contribution in [0.3, 0.4) is 0 Å². The molecule has 2 aliphatic heterocycles. The Balaban J connectivity index is 1.22. The molecule has 6 rings (SSSR count). The molecular formula is C27H28N4. The molecule has 1 saturated heterocycles. The number of likely N-dealkylation sites (tertiary alicyclic amines) is 1. The second kappa shape index (κ2) is 7.86. The molecular weight excluding hydrogens is 380 g/mol. The van der Waals surface area contributed by atoms with E-state index in [2.05, 4.69) is 74.4 Å². The molecule has 1 fully saturated rings. The van der Waals surface area contributed by atoms with Crippen molar-refractivity contribution in [1.82, 2.24) is 14.5 Å². The number of imidazole rings is 1. The normalized spacial score (nSPS) is 16.0. The topological polar surface area (TPSA) is 33.1 Å². The van der Waals surface area contributed by atoms with Gasteiger partial charge < -0.3 is 9.88 Å². The highest BCUT2D eigenvalue weighted by molar-refractivity contribution is 5.75. The third-order valence-corrected chi connectivity index (χ3v) is 6.76. The first-order valence-corrected chi connectivity index (χ1v) is 11.4. The number of benzene rings is 3. The van der Waals surface area contributed by atoms with Crippen LogP contribution in [-0.2, 0) is 25.9 Å². The first-order valence-electron chi connectivity index (χ1n) is 11.4. The molecule has 3 heterocycles. The van der Waals surface area contributed by atoms with Crippen molar-refractivity contribution < 1.29 is 0 Å². The minimum atomic E-state index is 0.848.